The Hall–Kier alpha value is -2.36. The first-order chi connectivity index (χ1) is 9.97. The van der Waals surface area contributed by atoms with E-state index >= 15 is 0 Å². The summed E-state index contributed by atoms with van der Waals surface area (Å²) in [5.41, 5.74) is 4.44. The molecular weight excluding hydrogens is 264 g/mol. The van der Waals surface area contributed by atoms with E-state index in [1.165, 1.54) is 17.2 Å². The Morgan fingerprint density at radius 1 is 1.14 bits per heavy atom. The molecule has 2 aromatic carbocycles. The molecule has 110 valence electrons. The van der Waals surface area contributed by atoms with E-state index in [-0.39, 0.29) is 10.6 Å². The highest BCUT2D eigenvalue weighted by Gasteiger charge is 2.07. The van der Waals surface area contributed by atoms with Crippen LogP contribution in [0.5, 0.6) is 0 Å². The van der Waals surface area contributed by atoms with Crippen LogP contribution in [0.2, 0.25) is 0 Å². The minimum Gasteiger partial charge on any atom is -0.381 e. The molecule has 0 spiro atoms. The number of nitrogens with one attached hydrogen (secondary N) is 1. The summed E-state index contributed by atoms with van der Waals surface area (Å²) in [5.74, 6) is 0.531. The van der Waals surface area contributed by atoms with Crippen molar-refractivity contribution in [3.63, 3.8) is 0 Å². The lowest BCUT2D eigenvalue weighted by molar-refractivity contribution is -0.384. The third kappa shape index (κ3) is 3.81. The number of anilines is 1. The van der Waals surface area contributed by atoms with Gasteiger partial charge in [0.05, 0.1) is 4.92 Å². The average molecular weight is 284 g/mol. The van der Waals surface area contributed by atoms with Gasteiger partial charge in [-0.15, -0.1) is 0 Å². The molecule has 0 saturated carbocycles. The maximum Gasteiger partial charge on any atom is 0.269 e. The van der Waals surface area contributed by atoms with Crippen LogP contribution in [-0.4, -0.2) is 4.92 Å². The number of aryl methyl sites for hydroxylation is 1. The van der Waals surface area contributed by atoms with E-state index in [0.29, 0.717) is 12.5 Å². The molecule has 0 atom stereocenters. The number of non-ortho nitro benzene ring substituents is 1. The molecule has 0 aliphatic rings. The molecule has 0 saturated heterocycles. The van der Waals surface area contributed by atoms with Crippen molar-refractivity contribution in [2.24, 2.45) is 0 Å². The van der Waals surface area contributed by atoms with Gasteiger partial charge in [-0.2, -0.15) is 0 Å². The summed E-state index contributed by atoms with van der Waals surface area (Å²) < 4.78 is 0. The zero-order valence-corrected chi connectivity index (χ0v) is 12.6. The van der Waals surface area contributed by atoms with E-state index in [1.54, 1.807) is 12.1 Å². The summed E-state index contributed by atoms with van der Waals surface area (Å²) in [4.78, 5) is 10.3. The molecule has 0 amide bonds. The zero-order valence-electron chi connectivity index (χ0n) is 12.6. The highest BCUT2D eigenvalue weighted by molar-refractivity contribution is 5.55. The molecule has 2 aromatic rings. The van der Waals surface area contributed by atoms with Gasteiger partial charge in [0.1, 0.15) is 0 Å². The molecule has 1 N–H and O–H groups in total. The van der Waals surface area contributed by atoms with Gasteiger partial charge in [0.25, 0.3) is 5.69 Å². The lowest BCUT2D eigenvalue weighted by Crippen LogP contribution is -2.02. The number of rotatable bonds is 5. The fraction of sp³-hybridized carbons (Fsp3) is 0.294. The van der Waals surface area contributed by atoms with Crippen LogP contribution in [0.3, 0.4) is 0 Å². The molecule has 0 aromatic heterocycles. The monoisotopic (exact) mass is 284 g/mol. The van der Waals surface area contributed by atoms with Gasteiger partial charge in [-0.1, -0.05) is 38.1 Å². The number of hydrogen-bond acceptors (Lipinski definition) is 3. The maximum absolute atomic E-state index is 10.7. The van der Waals surface area contributed by atoms with Gasteiger partial charge in [0.2, 0.25) is 0 Å². The summed E-state index contributed by atoms with van der Waals surface area (Å²) >= 11 is 0. The second kappa shape index (κ2) is 6.39. The fourth-order valence-electron chi connectivity index (χ4n) is 2.18. The largest absolute Gasteiger partial charge is 0.381 e. The van der Waals surface area contributed by atoms with E-state index in [1.807, 2.05) is 6.92 Å². The van der Waals surface area contributed by atoms with Crippen molar-refractivity contribution >= 4 is 11.4 Å². The van der Waals surface area contributed by atoms with Gasteiger partial charge in [-0.05, 0) is 35.6 Å². The lowest BCUT2D eigenvalue weighted by atomic mass is 10.0. The van der Waals surface area contributed by atoms with Crippen molar-refractivity contribution in [2.75, 3.05) is 5.32 Å². The molecule has 0 aliphatic heterocycles. The summed E-state index contributed by atoms with van der Waals surface area (Å²) in [6.07, 6.45) is 0. The first kappa shape index (κ1) is 15.0. The molecule has 0 fully saturated rings. The van der Waals surface area contributed by atoms with E-state index in [4.69, 9.17) is 0 Å². The summed E-state index contributed by atoms with van der Waals surface area (Å²) in [6.45, 7) is 6.93. The van der Waals surface area contributed by atoms with Crippen LogP contribution in [0.15, 0.2) is 42.5 Å². The van der Waals surface area contributed by atoms with Crippen LogP contribution in [-0.2, 0) is 6.54 Å². The first-order valence-corrected chi connectivity index (χ1v) is 7.05. The number of benzene rings is 2. The molecular formula is C17H20N2O2. The van der Waals surface area contributed by atoms with Crippen LogP contribution in [0.25, 0.3) is 0 Å². The van der Waals surface area contributed by atoms with Gasteiger partial charge in [0, 0.05) is 24.4 Å². The van der Waals surface area contributed by atoms with Crippen molar-refractivity contribution in [3.8, 4) is 0 Å². The Kier molecular flexibility index (Phi) is 4.58. The SMILES string of the molecule is Cc1cc([N+](=O)[O-])ccc1NCc1ccc(C(C)C)cc1. The Labute approximate surface area is 125 Å². The van der Waals surface area contributed by atoms with Crippen LogP contribution < -0.4 is 5.32 Å². The van der Waals surface area contributed by atoms with Gasteiger partial charge >= 0.3 is 0 Å². The highest BCUT2D eigenvalue weighted by Crippen LogP contribution is 2.22. The minimum absolute atomic E-state index is 0.124. The van der Waals surface area contributed by atoms with Crippen LogP contribution in [0.4, 0.5) is 11.4 Å². The standard InChI is InChI=1S/C17H20N2O2/c1-12(2)15-6-4-14(5-7-15)11-18-17-9-8-16(19(20)21)10-13(17)3/h4-10,12,18H,11H2,1-3H3. The molecule has 4 heteroatoms. The minimum atomic E-state index is -0.374. The normalized spacial score (nSPS) is 10.7. The summed E-state index contributed by atoms with van der Waals surface area (Å²) in [6, 6.07) is 13.4. The molecule has 0 radical (unpaired) electrons. The van der Waals surface area contributed by atoms with Gasteiger partial charge in [-0.3, -0.25) is 10.1 Å². The highest BCUT2D eigenvalue weighted by atomic mass is 16.6. The zero-order chi connectivity index (χ0) is 15.4. The molecule has 4 nitrogen and oxygen atoms in total. The van der Waals surface area contributed by atoms with E-state index < -0.39 is 0 Å². The van der Waals surface area contributed by atoms with E-state index in [2.05, 4.69) is 43.4 Å². The Morgan fingerprint density at radius 3 is 2.33 bits per heavy atom. The molecule has 0 aliphatic carbocycles. The van der Waals surface area contributed by atoms with Crippen molar-refractivity contribution in [3.05, 3.63) is 69.3 Å². The molecule has 0 unspecified atom stereocenters. The summed E-state index contributed by atoms with van der Waals surface area (Å²) in [7, 11) is 0. The van der Waals surface area contributed by atoms with Gasteiger partial charge < -0.3 is 5.32 Å². The second-order valence-corrected chi connectivity index (χ2v) is 5.51. The molecule has 0 bridgehead atoms. The predicted octanol–water partition coefficient (Wildman–Crippen LogP) is 4.64. The number of nitro groups is 1. The van der Waals surface area contributed by atoms with E-state index in [9.17, 15) is 10.1 Å². The molecule has 2 rings (SSSR count). The van der Waals surface area contributed by atoms with Crippen molar-refractivity contribution in [1.82, 2.24) is 0 Å². The Morgan fingerprint density at radius 2 is 1.81 bits per heavy atom. The van der Waals surface area contributed by atoms with Crippen molar-refractivity contribution in [2.45, 2.75) is 33.2 Å². The number of hydrogen-bond donors (Lipinski definition) is 1. The van der Waals surface area contributed by atoms with Crippen molar-refractivity contribution < 1.29 is 4.92 Å². The third-order valence-electron chi connectivity index (χ3n) is 3.55. The summed E-state index contributed by atoms with van der Waals surface area (Å²) in [5, 5.41) is 14.0. The third-order valence-corrected chi connectivity index (χ3v) is 3.55. The van der Waals surface area contributed by atoms with E-state index in [0.717, 1.165) is 11.3 Å². The second-order valence-electron chi connectivity index (χ2n) is 5.51. The quantitative estimate of drug-likeness (QED) is 0.643. The number of nitrogens with zero attached hydrogens (tertiary/aromatic N) is 1. The van der Waals surface area contributed by atoms with Crippen LogP contribution in [0, 0.1) is 17.0 Å². The van der Waals surface area contributed by atoms with Gasteiger partial charge in [0.15, 0.2) is 0 Å². The first-order valence-electron chi connectivity index (χ1n) is 7.05. The van der Waals surface area contributed by atoms with Crippen LogP contribution >= 0.6 is 0 Å². The lowest BCUT2D eigenvalue weighted by Gasteiger charge is -2.11. The van der Waals surface area contributed by atoms with Gasteiger partial charge in [-0.25, -0.2) is 0 Å². The Balaban J connectivity index is 2.04. The maximum atomic E-state index is 10.7. The average Bonchev–Trinajstić information content (AvgIpc) is 2.46. The Bertz CT molecular complexity index is 634. The topological polar surface area (TPSA) is 55.2 Å². The fourth-order valence-corrected chi connectivity index (χ4v) is 2.18. The molecule has 0 heterocycles. The van der Waals surface area contributed by atoms with Crippen molar-refractivity contribution in [1.29, 1.82) is 0 Å². The smallest absolute Gasteiger partial charge is 0.269 e. The molecule has 21 heavy (non-hydrogen) atoms. The predicted molar refractivity (Wildman–Crippen MR) is 85.7 cm³/mol. The number of nitro benzene ring substituents is 1. The van der Waals surface area contributed by atoms with Crippen LogP contribution in [0.1, 0.15) is 36.5 Å².